The first-order valence-corrected chi connectivity index (χ1v) is 8.35. The highest BCUT2D eigenvalue weighted by molar-refractivity contribution is 5.75. The van der Waals surface area contributed by atoms with Crippen LogP contribution in [-0.4, -0.2) is 30.4 Å². The fraction of sp³-hybridized carbons (Fsp3) is 0.611. The zero-order chi connectivity index (χ0) is 16.9. The standard InChI is InChI=1S/C18H28N2O3/c1-4-18(2,11-12-21)20-17(22)19-16(13-5-6-13)14-7-9-15(23-3)10-8-14/h7-10,13,16,21H,4-6,11-12H2,1-3H3,(H2,19,20,22). The molecule has 2 amide bonds. The third-order valence-corrected chi connectivity index (χ3v) is 4.71. The van der Waals surface area contributed by atoms with Gasteiger partial charge in [-0.25, -0.2) is 4.79 Å². The summed E-state index contributed by atoms with van der Waals surface area (Å²) in [5.41, 5.74) is 0.719. The average Bonchev–Trinajstić information content (AvgIpc) is 3.38. The summed E-state index contributed by atoms with van der Waals surface area (Å²) in [7, 11) is 1.64. The molecule has 0 saturated heterocycles. The maximum Gasteiger partial charge on any atom is 0.315 e. The minimum Gasteiger partial charge on any atom is -0.497 e. The Balaban J connectivity index is 2.02. The number of hydrogen-bond acceptors (Lipinski definition) is 3. The van der Waals surface area contributed by atoms with Crippen molar-refractivity contribution in [2.24, 2.45) is 5.92 Å². The van der Waals surface area contributed by atoms with Crippen LogP contribution < -0.4 is 15.4 Å². The van der Waals surface area contributed by atoms with Crippen molar-refractivity contribution >= 4 is 6.03 Å². The molecule has 1 fully saturated rings. The van der Waals surface area contributed by atoms with Gasteiger partial charge in [-0.15, -0.1) is 0 Å². The van der Waals surface area contributed by atoms with E-state index in [1.807, 2.05) is 38.1 Å². The van der Waals surface area contributed by atoms with Crippen LogP contribution in [0.1, 0.15) is 51.1 Å². The molecule has 1 aliphatic carbocycles. The molecule has 1 aliphatic rings. The Morgan fingerprint density at radius 1 is 1.39 bits per heavy atom. The van der Waals surface area contributed by atoms with Crippen molar-refractivity contribution in [3.63, 3.8) is 0 Å². The Hall–Kier alpha value is -1.75. The van der Waals surface area contributed by atoms with E-state index in [0.29, 0.717) is 12.3 Å². The minimum atomic E-state index is -0.382. The molecule has 128 valence electrons. The van der Waals surface area contributed by atoms with Crippen LogP contribution in [0.2, 0.25) is 0 Å². The van der Waals surface area contributed by atoms with E-state index in [2.05, 4.69) is 10.6 Å². The van der Waals surface area contributed by atoms with Crippen molar-refractivity contribution in [3.05, 3.63) is 29.8 Å². The van der Waals surface area contributed by atoms with Gasteiger partial charge in [0.05, 0.1) is 13.2 Å². The van der Waals surface area contributed by atoms with Crippen LogP contribution in [0, 0.1) is 5.92 Å². The van der Waals surface area contributed by atoms with Gasteiger partial charge in [-0.05, 0) is 56.2 Å². The number of methoxy groups -OCH3 is 1. The van der Waals surface area contributed by atoms with Crippen molar-refractivity contribution in [1.82, 2.24) is 10.6 Å². The van der Waals surface area contributed by atoms with E-state index in [9.17, 15) is 4.79 Å². The van der Waals surface area contributed by atoms with Crippen molar-refractivity contribution in [2.45, 2.75) is 51.1 Å². The highest BCUT2D eigenvalue weighted by Gasteiger charge is 2.34. The lowest BCUT2D eigenvalue weighted by atomic mass is 9.95. The number of ether oxygens (including phenoxy) is 1. The number of rotatable bonds is 8. The van der Waals surface area contributed by atoms with E-state index < -0.39 is 0 Å². The molecular formula is C18H28N2O3. The Bertz CT molecular complexity index is 514. The predicted molar refractivity (Wildman–Crippen MR) is 90.5 cm³/mol. The van der Waals surface area contributed by atoms with Gasteiger partial charge in [-0.1, -0.05) is 19.1 Å². The molecule has 23 heavy (non-hydrogen) atoms. The molecule has 3 N–H and O–H groups in total. The summed E-state index contributed by atoms with van der Waals surface area (Å²) in [6, 6.07) is 7.72. The highest BCUT2D eigenvalue weighted by Crippen LogP contribution is 2.41. The lowest BCUT2D eigenvalue weighted by Crippen LogP contribution is -2.51. The molecule has 0 bridgehead atoms. The van der Waals surface area contributed by atoms with Crippen molar-refractivity contribution < 1.29 is 14.6 Å². The summed E-state index contributed by atoms with van der Waals surface area (Å²) in [4.78, 5) is 12.4. The number of benzene rings is 1. The van der Waals surface area contributed by atoms with Gasteiger partial charge in [0.25, 0.3) is 0 Å². The summed E-state index contributed by atoms with van der Waals surface area (Å²) in [6.45, 7) is 4.04. The molecule has 1 saturated carbocycles. The van der Waals surface area contributed by atoms with Crippen LogP contribution in [-0.2, 0) is 0 Å². The number of hydrogen-bond donors (Lipinski definition) is 3. The van der Waals surface area contributed by atoms with E-state index in [1.54, 1.807) is 7.11 Å². The molecule has 2 atom stereocenters. The summed E-state index contributed by atoms with van der Waals surface area (Å²) in [5.74, 6) is 1.31. The monoisotopic (exact) mass is 320 g/mol. The highest BCUT2D eigenvalue weighted by atomic mass is 16.5. The summed E-state index contributed by atoms with van der Waals surface area (Å²) in [6.07, 6.45) is 3.60. The Morgan fingerprint density at radius 2 is 2.04 bits per heavy atom. The Labute approximate surface area is 138 Å². The van der Waals surface area contributed by atoms with Crippen LogP contribution >= 0.6 is 0 Å². The fourth-order valence-electron chi connectivity index (χ4n) is 2.74. The second-order valence-electron chi connectivity index (χ2n) is 6.57. The number of amides is 2. The molecule has 0 aromatic heterocycles. The molecule has 2 unspecified atom stereocenters. The van der Waals surface area contributed by atoms with Crippen LogP contribution in [0.4, 0.5) is 4.79 Å². The average molecular weight is 320 g/mol. The first-order valence-electron chi connectivity index (χ1n) is 8.35. The summed E-state index contributed by atoms with van der Waals surface area (Å²) in [5, 5.41) is 15.3. The van der Waals surface area contributed by atoms with Crippen LogP contribution in [0.5, 0.6) is 5.75 Å². The molecule has 0 heterocycles. The molecule has 0 spiro atoms. The van der Waals surface area contributed by atoms with Gasteiger partial charge in [0.15, 0.2) is 0 Å². The number of nitrogens with one attached hydrogen (secondary N) is 2. The van der Waals surface area contributed by atoms with E-state index in [1.165, 1.54) is 0 Å². The number of aliphatic hydroxyl groups excluding tert-OH is 1. The quantitative estimate of drug-likeness (QED) is 0.689. The maximum absolute atomic E-state index is 12.4. The van der Waals surface area contributed by atoms with Crippen LogP contribution in [0.15, 0.2) is 24.3 Å². The molecule has 0 aliphatic heterocycles. The Morgan fingerprint density at radius 3 is 2.52 bits per heavy atom. The van der Waals surface area contributed by atoms with Gasteiger partial charge in [0.1, 0.15) is 5.75 Å². The number of carbonyl (C=O) groups is 1. The number of carbonyl (C=O) groups excluding carboxylic acids is 1. The van der Waals surface area contributed by atoms with Gasteiger partial charge in [0, 0.05) is 12.1 Å². The third-order valence-electron chi connectivity index (χ3n) is 4.71. The van der Waals surface area contributed by atoms with Crippen molar-refractivity contribution in [3.8, 4) is 5.75 Å². The second-order valence-corrected chi connectivity index (χ2v) is 6.57. The van der Waals surface area contributed by atoms with Crippen molar-refractivity contribution in [1.29, 1.82) is 0 Å². The number of aliphatic hydroxyl groups is 1. The van der Waals surface area contributed by atoms with E-state index in [0.717, 1.165) is 30.6 Å². The van der Waals surface area contributed by atoms with Crippen molar-refractivity contribution in [2.75, 3.05) is 13.7 Å². The zero-order valence-corrected chi connectivity index (χ0v) is 14.3. The van der Waals surface area contributed by atoms with Crippen LogP contribution in [0.25, 0.3) is 0 Å². The van der Waals surface area contributed by atoms with Gasteiger partial charge < -0.3 is 20.5 Å². The third kappa shape index (κ3) is 4.86. The zero-order valence-electron chi connectivity index (χ0n) is 14.3. The van der Waals surface area contributed by atoms with Crippen LogP contribution in [0.3, 0.4) is 0 Å². The Kier molecular flexibility index (Phi) is 5.88. The second kappa shape index (κ2) is 7.68. The smallest absolute Gasteiger partial charge is 0.315 e. The van der Waals surface area contributed by atoms with Gasteiger partial charge >= 0.3 is 6.03 Å². The lowest BCUT2D eigenvalue weighted by Gasteiger charge is -2.30. The first kappa shape index (κ1) is 17.6. The fourth-order valence-corrected chi connectivity index (χ4v) is 2.74. The molecule has 5 heteroatoms. The van der Waals surface area contributed by atoms with Gasteiger partial charge in [0.2, 0.25) is 0 Å². The van der Waals surface area contributed by atoms with Gasteiger partial charge in [-0.3, -0.25) is 0 Å². The SMILES string of the molecule is CCC(C)(CCO)NC(=O)NC(c1ccc(OC)cc1)C1CC1. The summed E-state index contributed by atoms with van der Waals surface area (Å²) < 4.78 is 5.19. The summed E-state index contributed by atoms with van der Waals surface area (Å²) >= 11 is 0. The topological polar surface area (TPSA) is 70.6 Å². The minimum absolute atomic E-state index is 0.0242. The van der Waals surface area contributed by atoms with E-state index >= 15 is 0 Å². The largest absolute Gasteiger partial charge is 0.497 e. The first-order chi connectivity index (χ1) is 11.0. The van der Waals surface area contributed by atoms with Gasteiger partial charge in [-0.2, -0.15) is 0 Å². The maximum atomic E-state index is 12.4. The van der Waals surface area contributed by atoms with E-state index in [4.69, 9.17) is 9.84 Å². The number of urea groups is 1. The normalized spacial score (nSPS) is 17.9. The molecular weight excluding hydrogens is 292 g/mol. The predicted octanol–water partition coefficient (Wildman–Crippen LogP) is 3.00. The lowest BCUT2D eigenvalue weighted by molar-refractivity contribution is 0.197. The molecule has 1 aromatic carbocycles. The molecule has 2 rings (SSSR count). The van der Waals surface area contributed by atoms with E-state index in [-0.39, 0.29) is 24.2 Å². The molecule has 5 nitrogen and oxygen atoms in total. The molecule has 1 aromatic rings. The molecule has 0 radical (unpaired) electrons.